The number of halogens is 1. The molecule has 133 valence electrons. The number of hydrogen-bond donors (Lipinski definition) is 1. The van der Waals surface area contributed by atoms with E-state index in [9.17, 15) is 9.41 Å². The van der Waals surface area contributed by atoms with Crippen molar-refractivity contribution in [1.29, 1.82) is 0 Å². The highest BCUT2D eigenvalue weighted by atomic mass is 19.1. The Bertz CT molecular complexity index is 1290. The topological polar surface area (TPSA) is 25.2 Å². The molecule has 1 heterocycles. The molecule has 0 amide bonds. The molecule has 4 heteroatoms. The fourth-order valence-electron chi connectivity index (χ4n) is 3.79. The Morgan fingerprint density at radius 2 is 1.32 bits per heavy atom. The van der Waals surface area contributed by atoms with Gasteiger partial charge in [-0.25, -0.2) is 4.39 Å². The summed E-state index contributed by atoms with van der Waals surface area (Å²) in [5.41, 5.74) is 6.06. The Morgan fingerprint density at radius 1 is 0.679 bits per heavy atom. The minimum absolute atomic E-state index is 0.231. The predicted octanol–water partition coefficient (Wildman–Crippen LogP) is 4.83. The van der Waals surface area contributed by atoms with Gasteiger partial charge >= 0.3 is 7.48 Å². The van der Waals surface area contributed by atoms with Gasteiger partial charge in [0.05, 0.1) is 11.0 Å². The minimum atomic E-state index is -0.231. The van der Waals surface area contributed by atoms with Crippen molar-refractivity contribution in [2.24, 2.45) is 0 Å². The van der Waals surface area contributed by atoms with Crippen molar-refractivity contribution < 1.29 is 9.41 Å². The van der Waals surface area contributed by atoms with Crippen LogP contribution in [0.15, 0.2) is 91.0 Å². The van der Waals surface area contributed by atoms with Gasteiger partial charge in [-0.3, -0.25) is 0 Å². The number of hydrogen-bond acceptors (Lipinski definition) is 1. The smallest absolute Gasteiger partial charge is 0.326 e. The first-order valence-corrected chi connectivity index (χ1v) is 9.11. The zero-order chi connectivity index (χ0) is 19.1. The summed E-state index contributed by atoms with van der Waals surface area (Å²) in [6.45, 7) is 0. The predicted molar refractivity (Wildman–Crippen MR) is 114 cm³/mol. The van der Waals surface area contributed by atoms with E-state index in [1.54, 1.807) is 12.1 Å². The summed E-state index contributed by atoms with van der Waals surface area (Å²) in [7, 11) is 1.13. The van der Waals surface area contributed by atoms with Crippen LogP contribution >= 0.6 is 0 Å². The van der Waals surface area contributed by atoms with Crippen molar-refractivity contribution in [3.05, 3.63) is 96.8 Å². The molecule has 4 aromatic carbocycles. The molecule has 0 saturated carbocycles. The van der Waals surface area contributed by atoms with Crippen molar-refractivity contribution in [1.82, 2.24) is 4.57 Å². The standard InChI is InChI=1S/C24H16BFNO/c26-19-10-5-16(6-11-19)17-7-12-20(13-8-17)27-23-4-2-1-3-21(23)22-15-18(25-28)9-14-24(22)27/h1-15,28H. The van der Waals surface area contributed by atoms with Crippen molar-refractivity contribution in [2.45, 2.75) is 0 Å². The van der Waals surface area contributed by atoms with Crippen molar-refractivity contribution in [3.63, 3.8) is 0 Å². The molecule has 2 nitrogen and oxygen atoms in total. The van der Waals surface area contributed by atoms with Crippen LogP contribution in [0.3, 0.4) is 0 Å². The van der Waals surface area contributed by atoms with Gasteiger partial charge in [-0.15, -0.1) is 0 Å². The normalized spacial score (nSPS) is 11.2. The van der Waals surface area contributed by atoms with Crippen LogP contribution in [-0.4, -0.2) is 17.1 Å². The largest absolute Gasteiger partial charge is 0.450 e. The third-order valence-electron chi connectivity index (χ3n) is 5.15. The molecule has 0 bridgehead atoms. The van der Waals surface area contributed by atoms with Crippen LogP contribution in [-0.2, 0) is 0 Å². The molecule has 5 aromatic rings. The zero-order valence-electron chi connectivity index (χ0n) is 15.0. The lowest BCUT2D eigenvalue weighted by Crippen LogP contribution is -2.12. The molecule has 1 radical (unpaired) electrons. The van der Waals surface area contributed by atoms with Crippen LogP contribution in [0, 0.1) is 5.82 Å². The van der Waals surface area contributed by atoms with Crippen LogP contribution in [0.25, 0.3) is 38.6 Å². The van der Waals surface area contributed by atoms with Gasteiger partial charge in [-0.2, -0.15) is 0 Å². The number of nitrogens with zero attached hydrogens (tertiary/aromatic N) is 1. The van der Waals surface area contributed by atoms with E-state index in [-0.39, 0.29) is 5.82 Å². The van der Waals surface area contributed by atoms with Crippen LogP contribution in [0.2, 0.25) is 0 Å². The second-order valence-electron chi connectivity index (χ2n) is 6.81. The van der Waals surface area contributed by atoms with Gasteiger partial charge in [0.15, 0.2) is 0 Å². The molecule has 0 saturated heterocycles. The first kappa shape index (κ1) is 16.8. The minimum Gasteiger partial charge on any atom is -0.450 e. The lowest BCUT2D eigenvalue weighted by molar-refractivity contribution is 0.615. The van der Waals surface area contributed by atoms with Gasteiger partial charge in [0.25, 0.3) is 0 Å². The molecule has 0 atom stereocenters. The highest BCUT2D eigenvalue weighted by Crippen LogP contribution is 2.32. The summed E-state index contributed by atoms with van der Waals surface area (Å²) in [4.78, 5) is 0. The summed E-state index contributed by atoms with van der Waals surface area (Å²) < 4.78 is 15.4. The number of para-hydroxylation sites is 1. The molecule has 0 aliphatic rings. The Morgan fingerprint density at radius 3 is 2.04 bits per heavy atom. The van der Waals surface area contributed by atoms with Crippen molar-refractivity contribution in [3.8, 4) is 16.8 Å². The molecule has 0 fully saturated rings. The number of rotatable bonds is 3. The molecular formula is C24H16BFNO. The molecule has 0 aliphatic carbocycles. The number of aromatic nitrogens is 1. The summed E-state index contributed by atoms with van der Waals surface area (Å²) in [5, 5.41) is 11.6. The zero-order valence-corrected chi connectivity index (χ0v) is 15.0. The second kappa shape index (κ2) is 6.66. The van der Waals surface area contributed by atoms with Crippen molar-refractivity contribution in [2.75, 3.05) is 0 Å². The van der Waals surface area contributed by atoms with Crippen molar-refractivity contribution >= 4 is 34.8 Å². The Labute approximate surface area is 162 Å². The second-order valence-corrected chi connectivity index (χ2v) is 6.81. The number of benzene rings is 4. The van der Waals surface area contributed by atoms with E-state index in [4.69, 9.17) is 0 Å². The van der Waals surface area contributed by atoms with Crippen LogP contribution in [0.5, 0.6) is 0 Å². The summed E-state index contributed by atoms with van der Waals surface area (Å²) in [6, 6.07) is 29.0. The maximum Gasteiger partial charge on any atom is 0.326 e. The first-order chi connectivity index (χ1) is 13.7. The summed E-state index contributed by atoms with van der Waals surface area (Å²) in [5.74, 6) is -0.231. The lowest BCUT2D eigenvalue weighted by atomic mass is 9.88. The molecule has 1 N–H and O–H groups in total. The van der Waals surface area contributed by atoms with E-state index in [0.29, 0.717) is 0 Å². The molecule has 0 spiro atoms. The number of fused-ring (bicyclic) bond motifs is 3. The van der Waals surface area contributed by atoms with E-state index in [2.05, 4.69) is 41.0 Å². The Hall–Kier alpha value is -3.37. The average Bonchev–Trinajstić information content (AvgIpc) is 3.08. The molecule has 0 unspecified atom stereocenters. The lowest BCUT2D eigenvalue weighted by Gasteiger charge is -2.09. The Balaban J connectivity index is 1.69. The summed E-state index contributed by atoms with van der Waals surface area (Å²) in [6.07, 6.45) is 0. The average molecular weight is 364 g/mol. The Kier molecular flexibility index (Phi) is 3.99. The van der Waals surface area contributed by atoms with Gasteiger partial charge in [0, 0.05) is 16.5 Å². The van der Waals surface area contributed by atoms with Gasteiger partial charge in [0.2, 0.25) is 0 Å². The maximum atomic E-state index is 13.2. The molecule has 0 aliphatic heterocycles. The fourth-order valence-corrected chi connectivity index (χ4v) is 3.79. The SMILES string of the molecule is O[B]c1ccc2c(c1)c1ccccc1n2-c1ccc(-c2ccc(F)cc2)cc1. The third-order valence-corrected chi connectivity index (χ3v) is 5.15. The van der Waals surface area contributed by atoms with Gasteiger partial charge < -0.3 is 9.59 Å². The first-order valence-electron chi connectivity index (χ1n) is 9.11. The highest BCUT2D eigenvalue weighted by molar-refractivity contribution is 6.46. The third kappa shape index (κ3) is 2.70. The van der Waals surface area contributed by atoms with E-state index >= 15 is 0 Å². The van der Waals surface area contributed by atoms with E-state index in [1.165, 1.54) is 12.1 Å². The highest BCUT2D eigenvalue weighted by Gasteiger charge is 2.12. The molecule has 28 heavy (non-hydrogen) atoms. The molecule has 1 aromatic heterocycles. The van der Waals surface area contributed by atoms with Crippen LogP contribution < -0.4 is 5.46 Å². The van der Waals surface area contributed by atoms with E-state index in [0.717, 1.165) is 51.6 Å². The maximum absolute atomic E-state index is 13.2. The van der Waals surface area contributed by atoms with Crippen LogP contribution in [0.4, 0.5) is 4.39 Å². The van der Waals surface area contributed by atoms with Gasteiger partial charge in [-0.05, 0) is 47.5 Å². The van der Waals surface area contributed by atoms with Crippen LogP contribution in [0.1, 0.15) is 0 Å². The summed E-state index contributed by atoms with van der Waals surface area (Å²) >= 11 is 0. The quantitative estimate of drug-likeness (QED) is 0.456. The molecule has 5 rings (SSSR count). The monoisotopic (exact) mass is 364 g/mol. The fraction of sp³-hybridized carbons (Fsp3) is 0. The molecular weight excluding hydrogens is 348 g/mol. The van der Waals surface area contributed by atoms with E-state index in [1.807, 2.05) is 30.3 Å². The van der Waals surface area contributed by atoms with Gasteiger partial charge in [0.1, 0.15) is 5.82 Å². The van der Waals surface area contributed by atoms with E-state index < -0.39 is 0 Å². The van der Waals surface area contributed by atoms with Gasteiger partial charge in [-0.1, -0.05) is 60.1 Å².